The molecule has 2 aromatic rings. The van der Waals surface area contributed by atoms with E-state index in [-0.39, 0.29) is 5.91 Å². The first kappa shape index (κ1) is 15.7. The Bertz CT molecular complexity index is 626. The van der Waals surface area contributed by atoms with Crippen molar-refractivity contribution in [1.29, 1.82) is 0 Å². The van der Waals surface area contributed by atoms with E-state index in [1.54, 1.807) is 24.3 Å². The van der Waals surface area contributed by atoms with E-state index in [1.807, 2.05) is 18.2 Å². The van der Waals surface area contributed by atoms with Crippen molar-refractivity contribution in [2.45, 2.75) is 6.54 Å². The van der Waals surface area contributed by atoms with E-state index in [4.69, 9.17) is 5.73 Å². The number of hydrogen-bond donors (Lipinski definition) is 3. The highest BCUT2D eigenvalue weighted by atomic mass is 16.1. The molecule has 22 heavy (non-hydrogen) atoms. The van der Waals surface area contributed by atoms with Crippen molar-refractivity contribution in [3.8, 4) is 0 Å². The Balaban J connectivity index is 1.63. The maximum Gasteiger partial charge on any atom is 0.262 e. The predicted molar refractivity (Wildman–Crippen MR) is 90.2 cm³/mol. The van der Waals surface area contributed by atoms with Gasteiger partial charge in [-0.1, -0.05) is 36.4 Å². The Hall–Kier alpha value is -2.66. The molecule has 0 radical (unpaired) electrons. The molecular formula is C17H20N4O. The largest absolute Gasteiger partial charge is 0.399 e. The van der Waals surface area contributed by atoms with Crippen LogP contribution in [0.4, 0.5) is 11.4 Å². The summed E-state index contributed by atoms with van der Waals surface area (Å²) in [5, 5.41) is 6.03. The number of anilines is 1. The summed E-state index contributed by atoms with van der Waals surface area (Å²) in [6, 6.07) is 17.2. The third kappa shape index (κ3) is 5.76. The van der Waals surface area contributed by atoms with Crippen molar-refractivity contribution in [2.75, 3.05) is 18.8 Å². The Kier molecular flexibility index (Phi) is 6.14. The molecule has 0 atom stereocenters. The topological polar surface area (TPSA) is 79.5 Å². The van der Waals surface area contributed by atoms with Crippen LogP contribution < -0.4 is 16.4 Å². The van der Waals surface area contributed by atoms with Gasteiger partial charge in [0.2, 0.25) is 0 Å². The second-order valence-electron chi connectivity index (χ2n) is 4.81. The number of carbonyl (C=O) groups excluding carboxylic acids is 1. The summed E-state index contributed by atoms with van der Waals surface area (Å²) in [4.78, 5) is 15.7. The summed E-state index contributed by atoms with van der Waals surface area (Å²) in [6.45, 7) is 2.04. The van der Waals surface area contributed by atoms with E-state index in [1.165, 1.54) is 11.8 Å². The van der Waals surface area contributed by atoms with Crippen LogP contribution in [0.15, 0.2) is 59.6 Å². The SMILES string of the molecule is Nc1cccc(N=CC(=O)NCCNCc2ccccc2)c1. The fourth-order valence-electron chi connectivity index (χ4n) is 1.89. The molecule has 0 aliphatic carbocycles. The van der Waals surface area contributed by atoms with Gasteiger partial charge in [-0.15, -0.1) is 0 Å². The summed E-state index contributed by atoms with van der Waals surface area (Å²) >= 11 is 0. The molecule has 0 saturated heterocycles. The molecule has 2 rings (SSSR count). The zero-order valence-corrected chi connectivity index (χ0v) is 12.3. The monoisotopic (exact) mass is 296 g/mol. The molecule has 0 aliphatic heterocycles. The molecule has 0 bridgehead atoms. The summed E-state index contributed by atoms with van der Waals surface area (Å²) in [5.41, 5.74) is 8.15. The quantitative estimate of drug-likeness (QED) is 0.414. The Morgan fingerprint density at radius 3 is 2.68 bits per heavy atom. The normalized spacial score (nSPS) is 10.7. The first-order valence-electron chi connectivity index (χ1n) is 7.16. The minimum Gasteiger partial charge on any atom is -0.399 e. The molecule has 5 heteroatoms. The third-order valence-electron chi connectivity index (χ3n) is 2.97. The predicted octanol–water partition coefficient (Wildman–Crippen LogP) is 1.88. The van der Waals surface area contributed by atoms with Gasteiger partial charge in [-0.2, -0.15) is 0 Å². The van der Waals surface area contributed by atoms with Crippen molar-refractivity contribution in [3.63, 3.8) is 0 Å². The van der Waals surface area contributed by atoms with Gasteiger partial charge in [-0.3, -0.25) is 9.79 Å². The highest BCUT2D eigenvalue weighted by molar-refractivity contribution is 6.26. The number of nitrogens with one attached hydrogen (secondary N) is 2. The number of nitrogens with zero attached hydrogens (tertiary/aromatic N) is 1. The number of amides is 1. The molecule has 0 aliphatic rings. The summed E-state index contributed by atoms with van der Waals surface area (Å²) in [6.07, 6.45) is 1.27. The average molecular weight is 296 g/mol. The lowest BCUT2D eigenvalue weighted by molar-refractivity contribution is -0.114. The number of aliphatic imine (C=N–C) groups is 1. The smallest absolute Gasteiger partial charge is 0.262 e. The van der Waals surface area contributed by atoms with Gasteiger partial charge in [-0.05, 0) is 23.8 Å². The number of nitrogen functional groups attached to an aromatic ring is 1. The van der Waals surface area contributed by atoms with Crippen molar-refractivity contribution >= 4 is 23.5 Å². The maximum absolute atomic E-state index is 11.6. The van der Waals surface area contributed by atoms with Crippen LogP contribution in [0, 0.1) is 0 Å². The van der Waals surface area contributed by atoms with E-state index >= 15 is 0 Å². The van der Waals surface area contributed by atoms with Crippen LogP contribution in [0.2, 0.25) is 0 Å². The molecule has 1 amide bonds. The second kappa shape index (κ2) is 8.59. The highest BCUT2D eigenvalue weighted by Crippen LogP contribution is 2.14. The minimum atomic E-state index is -0.219. The van der Waals surface area contributed by atoms with Gasteiger partial charge in [0.15, 0.2) is 0 Å². The molecule has 114 valence electrons. The van der Waals surface area contributed by atoms with Crippen LogP contribution in [-0.4, -0.2) is 25.2 Å². The lowest BCUT2D eigenvalue weighted by atomic mass is 10.2. The highest BCUT2D eigenvalue weighted by Gasteiger charge is 1.96. The standard InChI is InChI=1S/C17H20N4O/c18-15-7-4-8-16(11-15)21-13-17(22)20-10-9-19-12-14-5-2-1-3-6-14/h1-8,11,13,19H,9-10,12,18H2,(H,20,22). The van der Waals surface area contributed by atoms with Crippen LogP contribution in [-0.2, 0) is 11.3 Å². The fourth-order valence-corrected chi connectivity index (χ4v) is 1.89. The van der Waals surface area contributed by atoms with Crippen LogP contribution in [0.5, 0.6) is 0 Å². The average Bonchev–Trinajstić information content (AvgIpc) is 2.54. The molecule has 0 spiro atoms. The Morgan fingerprint density at radius 1 is 1.09 bits per heavy atom. The van der Waals surface area contributed by atoms with Gasteiger partial charge in [0, 0.05) is 25.3 Å². The summed E-state index contributed by atoms with van der Waals surface area (Å²) in [7, 11) is 0. The van der Waals surface area contributed by atoms with Gasteiger partial charge in [0.1, 0.15) is 0 Å². The van der Waals surface area contributed by atoms with Gasteiger partial charge in [-0.25, -0.2) is 0 Å². The molecule has 2 aromatic carbocycles. The maximum atomic E-state index is 11.6. The molecule has 0 aromatic heterocycles. The number of hydrogen-bond acceptors (Lipinski definition) is 4. The van der Waals surface area contributed by atoms with Crippen molar-refractivity contribution < 1.29 is 4.79 Å². The zero-order valence-electron chi connectivity index (χ0n) is 12.3. The zero-order chi connectivity index (χ0) is 15.6. The molecule has 0 heterocycles. The van der Waals surface area contributed by atoms with Crippen LogP contribution in [0.3, 0.4) is 0 Å². The Morgan fingerprint density at radius 2 is 1.91 bits per heavy atom. The number of nitrogens with two attached hydrogens (primary N) is 1. The number of rotatable bonds is 7. The van der Waals surface area contributed by atoms with E-state index in [0.29, 0.717) is 24.5 Å². The molecule has 0 saturated carbocycles. The first-order chi connectivity index (χ1) is 10.7. The molecule has 0 unspecified atom stereocenters. The molecular weight excluding hydrogens is 276 g/mol. The lowest BCUT2D eigenvalue weighted by Crippen LogP contribution is -2.32. The second-order valence-corrected chi connectivity index (χ2v) is 4.81. The molecule has 4 N–H and O–H groups in total. The van der Waals surface area contributed by atoms with Gasteiger partial charge >= 0.3 is 0 Å². The van der Waals surface area contributed by atoms with Crippen LogP contribution in [0.25, 0.3) is 0 Å². The van der Waals surface area contributed by atoms with E-state index < -0.39 is 0 Å². The van der Waals surface area contributed by atoms with Crippen LogP contribution in [0.1, 0.15) is 5.56 Å². The van der Waals surface area contributed by atoms with Crippen molar-refractivity contribution in [1.82, 2.24) is 10.6 Å². The molecule has 5 nitrogen and oxygen atoms in total. The summed E-state index contributed by atoms with van der Waals surface area (Å²) in [5.74, 6) is -0.219. The molecule has 0 fully saturated rings. The van der Waals surface area contributed by atoms with E-state index in [9.17, 15) is 4.79 Å². The van der Waals surface area contributed by atoms with Crippen molar-refractivity contribution in [2.24, 2.45) is 4.99 Å². The first-order valence-corrected chi connectivity index (χ1v) is 7.16. The van der Waals surface area contributed by atoms with Gasteiger partial charge < -0.3 is 16.4 Å². The van der Waals surface area contributed by atoms with E-state index in [0.717, 1.165) is 6.54 Å². The third-order valence-corrected chi connectivity index (χ3v) is 2.97. The minimum absolute atomic E-state index is 0.219. The fraction of sp³-hybridized carbons (Fsp3) is 0.176. The Labute approximate surface area is 130 Å². The lowest BCUT2D eigenvalue weighted by Gasteiger charge is -2.05. The van der Waals surface area contributed by atoms with Gasteiger partial charge in [0.05, 0.1) is 11.9 Å². The van der Waals surface area contributed by atoms with Crippen LogP contribution >= 0.6 is 0 Å². The van der Waals surface area contributed by atoms with E-state index in [2.05, 4.69) is 27.8 Å². The number of benzene rings is 2. The summed E-state index contributed by atoms with van der Waals surface area (Å²) < 4.78 is 0. The van der Waals surface area contributed by atoms with Gasteiger partial charge in [0.25, 0.3) is 5.91 Å². The number of carbonyl (C=O) groups is 1. The van der Waals surface area contributed by atoms with Crippen molar-refractivity contribution in [3.05, 3.63) is 60.2 Å².